The first-order chi connectivity index (χ1) is 9.12. The fraction of sp³-hybridized carbons (Fsp3) is 0.364. The number of fused-ring (bicyclic) bond motifs is 3. The normalized spacial score (nSPS) is 23.9. The molecule has 7 nitrogen and oxygen atoms in total. The van der Waals surface area contributed by atoms with Gasteiger partial charge in [-0.1, -0.05) is 0 Å². The zero-order valence-electron chi connectivity index (χ0n) is 9.85. The third-order valence-electron chi connectivity index (χ3n) is 3.05. The van der Waals surface area contributed by atoms with Gasteiger partial charge in [0.1, 0.15) is 16.8 Å². The zero-order valence-corrected chi connectivity index (χ0v) is 10.7. The predicted molar refractivity (Wildman–Crippen MR) is 66.6 cm³/mol. The molecule has 1 atom stereocenters. The first-order valence-corrected chi connectivity index (χ1v) is 7.11. The molecule has 8 heteroatoms. The van der Waals surface area contributed by atoms with Gasteiger partial charge in [0.25, 0.3) is 10.0 Å². The van der Waals surface area contributed by atoms with E-state index in [1.54, 1.807) is 0 Å². The van der Waals surface area contributed by atoms with Crippen LogP contribution in [-0.4, -0.2) is 45.4 Å². The molecular weight excluding hydrogens is 268 g/mol. The number of rotatable bonds is 0. The molecule has 98 valence electrons. The topological polar surface area (TPSA) is 95.6 Å². The third-order valence-corrected chi connectivity index (χ3v) is 4.30. The van der Waals surface area contributed by atoms with E-state index in [4.69, 9.17) is 10.00 Å². The Morgan fingerprint density at radius 3 is 3.16 bits per heavy atom. The van der Waals surface area contributed by atoms with Crippen LogP contribution in [0.4, 0.5) is 5.82 Å². The number of anilines is 1. The van der Waals surface area contributed by atoms with Crippen LogP contribution in [0.5, 0.6) is 0 Å². The average molecular weight is 278 g/mol. The van der Waals surface area contributed by atoms with Crippen molar-refractivity contribution >= 4 is 22.1 Å². The van der Waals surface area contributed by atoms with Crippen LogP contribution >= 0.6 is 0 Å². The van der Waals surface area contributed by atoms with Crippen LogP contribution in [0.2, 0.25) is 0 Å². The molecule has 2 aliphatic rings. The van der Waals surface area contributed by atoms with Gasteiger partial charge in [-0.3, -0.25) is 0 Å². The molecule has 0 bridgehead atoms. The van der Waals surface area contributed by atoms with Crippen LogP contribution in [0.3, 0.4) is 0 Å². The quantitative estimate of drug-likeness (QED) is 0.659. The molecule has 1 saturated heterocycles. The van der Waals surface area contributed by atoms with Crippen molar-refractivity contribution in [1.29, 1.82) is 5.26 Å². The number of aromatic nitrogens is 1. The van der Waals surface area contributed by atoms with Crippen molar-refractivity contribution in [2.24, 2.45) is 4.40 Å². The zero-order chi connectivity index (χ0) is 13.5. The van der Waals surface area contributed by atoms with Gasteiger partial charge in [-0.25, -0.2) is 4.98 Å². The third kappa shape index (κ3) is 1.97. The smallest absolute Gasteiger partial charge is 0.285 e. The fourth-order valence-corrected chi connectivity index (χ4v) is 3.21. The van der Waals surface area contributed by atoms with Gasteiger partial charge >= 0.3 is 0 Å². The van der Waals surface area contributed by atoms with Crippen molar-refractivity contribution in [1.82, 2.24) is 4.98 Å². The maximum atomic E-state index is 12.1. The largest absolute Gasteiger partial charge is 0.377 e. The van der Waals surface area contributed by atoms with Crippen LogP contribution in [0, 0.1) is 11.3 Å². The molecule has 0 amide bonds. The van der Waals surface area contributed by atoms with Gasteiger partial charge in [0.05, 0.1) is 24.8 Å². The first kappa shape index (κ1) is 12.1. The van der Waals surface area contributed by atoms with E-state index in [1.165, 1.54) is 18.5 Å². The van der Waals surface area contributed by atoms with Crippen molar-refractivity contribution in [3.8, 4) is 6.07 Å². The summed E-state index contributed by atoms with van der Waals surface area (Å²) in [7, 11) is -3.81. The molecule has 1 fully saturated rings. The molecule has 0 aromatic carbocycles. The number of hydrogen-bond acceptors (Lipinski definition) is 6. The van der Waals surface area contributed by atoms with Gasteiger partial charge in [-0.05, 0) is 6.07 Å². The molecule has 19 heavy (non-hydrogen) atoms. The molecule has 2 aliphatic heterocycles. The number of pyridine rings is 1. The van der Waals surface area contributed by atoms with Crippen LogP contribution in [0.1, 0.15) is 5.56 Å². The number of hydrogen-bond donors (Lipinski definition) is 0. The minimum absolute atomic E-state index is 0.0211. The molecule has 0 unspecified atom stereocenters. The van der Waals surface area contributed by atoms with Gasteiger partial charge in [-0.15, -0.1) is 0 Å². The second-order valence-corrected chi connectivity index (χ2v) is 5.82. The molecule has 0 N–H and O–H groups in total. The Morgan fingerprint density at radius 1 is 1.53 bits per heavy atom. The minimum Gasteiger partial charge on any atom is -0.377 e. The highest BCUT2D eigenvalue weighted by atomic mass is 32.2. The summed E-state index contributed by atoms with van der Waals surface area (Å²) in [5.74, 6) is 0.338. The number of morpholine rings is 1. The highest BCUT2D eigenvalue weighted by molar-refractivity contribution is 7.90. The van der Waals surface area contributed by atoms with Crippen LogP contribution < -0.4 is 4.90 Å². The van der Waals surface area contributed by atoms with Crippen molar-refractivity contribution in [2.45, 2.75) is 10.9 Å². The summed E-state index contributed by atoms with van der Waals surface area (Å²) in [6.45, 7) is 1.42. The lowest BCUT2D eigenvalue weighted by atomic mass is 10.2. The van der Waals surface area contributed by atoms with Crippen molar-refractivity contribution in [3.05, 3.63) is 17.8 Å². The van der Waals surface area contributed by atoms with Gasteiger partial charge in [-0.2, -0.15) is 18.1 Å². The summed E-state index contributed by atoms with van der Waals surface area (Å²) >= 11 is 0. The molecule has 1 aromatic heterocycles. The lowest BCUT2D eigenvalue weighted by molar-refractivity contribution is 0.111. The summed E-state index contributed by atoms with van der Waals surface area (Å²) in [5, 5.41) is 8.86. The maximum absolute atomic E-state index is 12.1. The van der Waals surface area contributed by atoms with E-state index in [-0.39, 0.29) is 16.5 Å². The maximum Gasteiger partial charge on any atom is 0.285 e. The first-order valence-electron chi connectivity index (χ1n) is 5.67. The highest BCUT2D eigenvalue weighted by Gasteiger charge is 2.32. The lowest BCUT2D eigenvalue weighted by Crippen LogP contribution is -2.46. The number of sulfonamides is 1. The number of ether oxygens (including phenoxy) is 1. The van der Waals surface area contributed by atoms with Crippen LogP contribution in [-0.2, 0) is 14.8 Å². The van der Waals surface area contributed by atoms with E-state index in [0.717, 1.165) is 0 Å². The summed E-state index contributed by atoms with van der Waals surface area (Å²) in [5.41, 5.74) is 0.198. The number of nitriles is 1. The summed E-state index contributed by atoms with van der Waals surface area (Å²) in [6.07, 6.45) is 2.73. The van der Waals surface area contributed by atoms with Gasteiger partial charge in [0, 0.05) is 19.0 Å². The second-order valence-electron chi connectivity index (χ2n) is 4.22. The lowest BCUT2D eigenvalue weighted by Gasteiger charge is -2.33. The van der Waals surface area contributed by atoms with E-state index in [0.29, 0.717) is 25.6 Å². The van der Waals surface area contributed by atoms with Crippen molar-refractivity contribution in [3.63, 3.8) is 0 Å². The molecule has 0 aliphatic carbocycles. The summed E-state index contributed by atoms with van der Waals surface area (Å²) in [6, 6.07) is 2.95. The van der Waals surface area contributed by atoms with E-state index in [9.17, 15) is 8.42 Å². The average Bonchev–Trinajstić information content (AvgIpc) is 2.55. The SMILES string of the molecule is N#Cc1cnc2c(c1)S(=O)(=O)N=C[C@H]1COCCN21. The molecule has 0 saturated carbocycles. The summed E-state index contributed by atoms with van der Waals surface area (Å²) < 4.78 is 33.1. The monoisotopic (exact) mass is 278 g/mol. The minimum atomic E-state index is -3.81. The molecule has 3 rings (SSSR count). The van der Waals surface area contributed by atoms with Gasteiger partial charge in [0.2, 0.25) is 0 Å². The van der Waals surface area contributed by atoms with Crippen LogP contribution in [0.15, 0.2) is 21.6 Å². The van der Waals surface area contributed by atoms with E-state index in [2.05, 4.69) is 9.38 Å². The molecule has 3 heterocycles. The second kappa shape index (κ2) is 4.29. The Kier molecular flexibility index (Phi) is 2.73. The van der Waals surface area contributed by atoms with E-state index in [1.807, 2.05) is 11.0 Å². The Balaban J connectivity index is 2.23. The molecule has 0 spiro atoms. The van der Waals surface area contributed by atoms with E-state index < -0.39 is 10.0 Å². The Morgan fingerprint density at radius 2 is 2.37 bits per heavy atom. The molecule has 1 aromatic rings. The molecule has 0 radical (unpaired) electrons. The predicted octanol–water partition coefficient (Wildman–Crippen LogP) is -0.0684. The van der Waals surface area contributed by atoms with Crippen molar-refractivity contribution < 1.29 is 13.2 Å². The fourth-order valence-electron chi connectivity index (χ4n) is 2.12. The van der Waals surface area contributed by atoms with Gasteiger partial charge < -0.3 is 9.64 Å². The molecular formula is C11H10N4O3S. The van der Waals surface area contributed by atoms with Crippen molar-refractivity contribution in [2.75, 3.05) is 24.7 Å². The number of nitrogens with zero attached hydrogens (tertiary/aromatic N) is 4. The Hall–Kier alpha value is -1.98. The summed E-state index contributed by atoms with van der Waals surface area (Å²) in [4.78, 5) is 5.94. The Bertz CT molecular complexity index is 692. The van der Waals surface area contributed by atoms with Crippen LogP contribution in [0.25, 0.3) is 0 Å². The standard InChI is InChI=1S/C11H10N4O3S/c12-4-8-3-10-11(13-5-8)15-1-2-18-7-9(15)6-14-19(10,16)17/h3,5-6,9H,1-2,7H2/t9-/m0/s1. The van der Waals surface area contributed by atoms with E-state index >= 15 is 0 Å². The highest BCUT2D eigenvalue weighted by Crippen LogP contribution is 2.29. The Labute approximate surface area is 110 Å². The van der Waals surface area contributed by atoms with Gasteiger partial charge in [0.15, 0.2) is 0 Å².